The highest BCUT2D eigenvalue weighted by atomic mass is 35.5. The number of hydrogen-bond acceptors (Lipinski definition) is 4. The molecule has 126 valence electrons. The van der Waals surface area contributed by atoms with Gasteiger partial charge in [0, 0.05) is 26.7 Å². The summed E-state index contributed by atoms with van der Waals surface area (Å²) in [6.07, 6.45) is 0. The topological polar surface area (TPSA) is 63.5 Å². The molecule has 1 aromatic carbocycles. The number of nitrogens with one attached hydrogen (secondary N) is 2. The molecule has 0 saturated heterocycles. The number of rotatable bonds is 8. The van der Waals surface area contributed by atoms with Crippen LogP contribution in [0.4, 0.5) is 4.39 Å². The Morgan fingerprint density at radius 1 is 1.17 bits per heavy atom. The van der Waals surface area contributed by atoms with E-state index in [1.54, 1.807) is 31.4 Å². The largest absolute Gasteiger partial charge is 0.451 e. The van der Waals surface area contributed by atoms with Gasteiger partial charge in [-0.05, 0) is 24.3 Å². The molecule has 0 aliphatic carbocycles. The van der Waals surface area contributed by atoms with Crippen molar-refractivity contribution >= 4 is 18.3 Å². The lowest BCUT2D eigenvalue weighted by Gasteiger charge is -2.05. The van der Waals surface area contributed by atoms with Gasteiger partial charge in [0.05, 0.1) is 12.2 Å². The summed E-state index contributed by atoms with van der Waals surface area (Å²) in [5.41, 5.74) is 0.336. The Balaban J connectivity index is 0.00000264. The van der Waals surface area contributed by atoms with Crippen molar-refractivity contribution in [3.05, 3.63) is 48.0 Å². The van der Waals surface area contributed by atoms with Gasteiger partial charge in [-0.25, -0.2) is 4.39 Å². The normalized spacial score (nSPS) is 10.2. The number of carbonyl (C=O) groups excluding carboxylic acids is 1. The van der Waals surface area contributed by atoms with Crippen molar-refractivity contribution < 1.29 is 18.3 Å². The summed E-state index contributed by atoms with van der Waals surface area (Å²) in [5.74, 6) is -0.209. The van der Waals surface area contributed by atoms with Crippen molar-refractivity contribution in [2.24, 2.45) is 0 Å². The van der Waals surface area contributed by atoms with Crippen molar-refractivity contribution in [3.63, 3.8) is 0 Å². The first-order chi connectivity index (χ1) is 10.7. The monoisotopic (exact) mass is 342 g/mol. The average Bonchev–Trinajstić information content (AvgIpc) is 3.01. The van der Waals surface area contributed by atoms with E-state index >= 15 is 0 Å². The van der Waals surface area contributed by atoms with E-state index in [0.717, 1.165) is 6.54 Å². The first-order valence-corrected chi connectivity index (χ1v) is 7.05. The van der Waals surface area contributed by atoms with E-state index in [4.69, 9.17) is 9.15 Å². The lowest BCUT2D eigenvalue weighted by Crippen LogP contribution is -2.32. The fourth-order valence-corrected chi connectivity index (χ4v) is 1.92. The van der Waals surface area contributed by atoms with Crippen LogP contribution in [0.2, 0.25) is 0 Å². The Labute approximate surface area is 140 Å². The molecule has 0 spiro atoms. The number of furan rings is 1. The summed E-state index contributed by atoms with van der Waals surface area (Å²) in [4.78, 5) is 11.9. The maximum atomic E-state index is 13.7. The number of hydrogen-bond donors (Lipinski definition) is 2. The summed E-state index contributed by atoms with van der Waals surface area (Å²) in [7, 11) is 1.63. The molecule has 1 heterocycles. The number of methoxy groups -OCH3 is 1. The zero-order valence-electron chi connectivity index (χ0n) is 12.8. The molecule has 0 radical (unpaired) electrons. The molecule has 1 aromatic heterocycles. The highest BCUT2D eigenvalue weighted by Gasteiger charge is 2.13. The minimum absolute atomic E-state index is 0. The molecule has 0 atom stereocenters. The Hall–Kier alpha value is -1.89. The highest BCUT2D eigenvalue weighted by Crippen LogP contribution is 2.24. The summed E-state index contributed by atoms with van der Waals surface area (Å²) in [6, 6.07) is 9.40. The Bertz CT molecular complexity index is 619. The first-order valence-electron chi connectivity index (χ1n) is 7.05. The number of halogens is 2. The molecule has 1 amide bonds. The molecule has 7 heteroatoms. The molecule has 23 heavy (non-hydrogen) atoms. The van der Waals surface area contributed by atoms with Gasteiger partial charge in [-0.15, -0.1) is 12.4 Å². The van der Waals surface area contributed by atoms with E-state index in [0.29, 0.717) is 31.0 Å². The highest BCUT2D eigenvalue weighted by molar-refractivity contribution is 5.92. The Morgan fingerprint density at radius 2 is 1.96 bits per heavy atom. The lowest BCUT2D eigenvalue weighted by molar-refractivity contribution is 0.0927. The standard InChI is InChI=1S/C16H19FN2O3.ClH/c1-21-11-10-18-8-9-19-16(20)15-7-6-14(22-15)12-4-2-3-5-13(12)17;/h2-7,18H,8-11H2,1H3,(H,19,20);1H. The number of ether oxygens (including phenoxy) is 1. The van der Waals surface area contributed by atoms with E-state index in [2.05, 4.69) is 10.6 Å². The van der Waals surface area contributed by atoms with Gasteiger partial charge in [-0.1, -0.05) is 12.1 Å². The molecular formula is C16H20ClFN2O3. The van der Waals surface area contributed by atoms with Crippen LogP contribution in [-0.4, -0.2) is 39.3 Å². The Kier molecular flexibility index (Phi) is 8.32. The van der Waals surface area contributed by atoms with Crippen molar-refractivity contribution in [2.75, 3.05) is 33.4 Å². The molecule has 0 fully saturated rings. The van der Waals surface area contributed by atoms with Crippen LogP contribution in [0.25, 0.3) is 11.3 Å². The average molecular weight is 343 g/mol. The first kappa shape index (κ1) is 19.2. The SMILES string of the molecule is COCCNCCNC(=O)c1ccc(-c2ccccc2F)o1.Cl. The van der Waals surface area contributed by atoms with Gasteiger partial charge >= 0.3 is 0 Å². The Morgan fingerprint density at radius 3 is 2.70 bits per heavy atom. The van der Waals surface area contributed by atoms with Crippen molar-refractivity contribution in [1.82, 2.24) is 10.6 Å². The van der Waals surface area contributed by atoms with E-state index in [1.807, 2.05) is 0 Å². The molecule has 0 unspecified atom stereocenters. The van der Waals surface area contributed by atoms with Gasteiger partial charge in [-0.2, -0.15) is 0 Å². The van der Waals surface area contributed by atoms with E-state index in [9.17, 15) is 9.18 Å². The van der Waals surface area contributed by atoms with Crippen molar-refractivity contribution in [2.45, 2.75) is 0 Å². The predicted molar refractivity (Wildman–Crippen MR) is 88.4 cm³/mol. The second kappa shape index (κ2) is 9.99. The van der Waals surface area contributed by atoms with Crippen LogP contribution in [0.3, 0.4) is 0 Å². The van der Waals surface area contributed by atoms with Crippen LogP contribution in [0, 0.1) is 5.82 Å². The van der Waals surface area contributed by atoms with Crippen LogP contribution in [0.1, 0.15) is 10.6 Å². The molecule has 2 N–H and O–H groups in total. The number of benzene rings is 1. The molecule has 0 aliphatic heterocycles. The third-order valence-corrected chi connectivity index (χ3v) is 3.04. The zero-order valence-corrected chi connectivity index (χ0v) is 13.6. The van der Waals surface area contributed by atoms with Crippen molar-refractivity contribution in [3.8, 4) is 11.3 Å². The molecule has 5 nitrogen and oxygen atoms in total. The molecular weight excluding hydrogens is 323 g/mol. The minimum atomic E-state index is -0.383. The zero-order chi connectivity index (χ0) is 15.8. The van der Waals surface area contributed by atoms with E-state index < -0.39 is 0 Å². The van der Waals surface area contributed by atoms with Gasteiger partial charge in [-0.3, -0.25) is 4.79 Å². The summed E-state index contributed by atoms with van der Waals surface area (Å²) < 4.78 is 24.0. The number of amides is 1. The molecule has 0 bridgehead atoms. The molecule has 2 aromatic rings. The summed E-state index contributed by atoms with van der Waals surface area (Å²) in [6.45, 7) is 2.46. The van der Waals surface area contributed by atoms with Crippen LogP contribution in [0.15, 0.2) is 40.8 Å². The fraction of sp³-hybridized carbons (Fsp3) is 0.312. The quantitative estimate of drug-likeness (QED) is 0.723. The second-order valence-electron chi connectivity index (χ2n) is 4.64. The summed E-state index contributed by atoms with van der Waals surface area (Å²) in [5, 5.41) is 5.84. The lowest BCUT2D eigenvalue weighted by atomic mass is 10.1. The van der Waals surface area contributed by atoms with E-state index in [1.165, 1.54) is 12.1 Å². The third-order valence-electron chi connectivity index (χ3n) is 3.04. The predicted octanol–water partition coefficient (Wildman–Crippen LogP) is 2.47. The third kappa shape index (κ3) is 5.67. The smallest absolute Gasteiger partial charge is 0.287 e. The van der Waals surface area contributed by atoms with Crippen LogP contribution < -0.4 is 10.6 Å². The molecule has 0 saturated carbocycles. The van der Waals surface area contributed by atoms with Crippen LogP contribution in [0.5, 0.6) is 0 Å². The van der Waals surface area contributed by atoms with Gasteiger partial charge in [0.15, 0.2) is 5.76 Å². The van der Waals surface area contributed by atoms with Gasteiger partial charge in [0.2, 0.25) is 0 Å². The summed E-state index contributed by atoms with van der Waals surface area (Å²) >= 11 is 0. The van der Waals surface area contributed by atoms with Gasteiger partial charge in [0.25, 0.3) is 5.91 Å². The second-order valence-corrected chi connectivity index (χ2v) is 4.64. The van der Waals surface area contributed by atoms with Gasteiger partial charge in [0.1, 0.15) is 11.6 Å². The van der Waals surface area contributed by atoms with Crippen molar-refractivity contribution in [1.29, 1.82) is 0 Å². The van der Waals surface area contributed by atoms with Crippen LogP contribution in [-0.2, 0) is 4.74 Å². The minimum Gasteiger partial charge on any atom is -0.451 e. The number of carbonyl (C=O) groups is 1. The fourth-order valence-electron chi connectivity index (χ4n) is 1.92. The van der Waals surface area contributed by atoms with E-state index in [-0.39, 0.29) is 29.9 Å². The van der Waals surface area contributed by atoms with Crippen LogP contribution >= 0.6 is 12.4 Å². The maximum absolute atomic E-state index is 13.7. The molecule has 0 aliphatic rings. The van der Waals surface area contributed by atoms with Gasteiger partial charge < -0.3 is 19.8 Å². The molecule has 2 rings (SSSR count). The maximum Gasteiger partial charge on any atom is 0.287 e.